The molecule has 0 aliphatic heterocycles. The molecule has 0 aromatic heterocycles. The molecule has 0 fully saturated rings. The van der Waals surface area contributed by atoms with E-state index in [0.717, 1.165) is 23.8 Å². The zero-order chi connectivity index (χ0) is 11.7. The normalized spacial score (nSPS) is 15.6. The molecule has 0 aromatic rings. The Balaban J connectivity index is 3.43. The van der Waals surface area contributed by atoms with Gasteiger partial charge >= 0.3 is 0 Å². The summed E-state index contributed by atoms with van der Waals surface area (Å²) >= 11 is 2.13. The summed E-state index contributed by atoms with van der Waals surface area (Å²) < 4.78 is 0. The molecular formula is C13H29NS. The van der Waals surface area contributed by atoms with Crippen LogP contribution < -0.4 is 5.32 Å². The smallest absolute Gasteiger partial charge is 0.00646 e. The lowest BCUT2D eigenvalue weighted by Crippen LogP contribution is -2.28. The minimum absolute atomic E-state index is 0.741. The van der Waals surface area contributed by atoms with Gasteiger partial charge in [0, 0.05) is 11.3 Å². The lowest BCUT2D eigenvalue weighted by atomic mass is 10.1. The number of hydrogen-bond acceptors (Lipinski definition) is 2. The SMILES string of the molecule is CCNC(CC)CCCSC(C)C(C)C. The van der Waals surface area contributed by atoms with Crippen molar-refractivity contribution < 1.29 is 0 Å². The van der Waals surface area contributed by atoms with E-state index in [1.807, 2.05) is 0 Å². The second kappa shape index (κ2) is 9.53. The van der Waals surface area contributed by atoms with E-state index in [1.165, 1.54) is 25.0 Å². The Morgan fingerprint density at radius 2 is 1.80 bits per heavy atom. The van der Waals surface area contributed by atoms with Crippen molar-refractivity contribution in [2.24, 2.45) is 5.92 Å². The van der Waals surface area contributed by atoms with E-state index in [2.05, 4.69) is 51.7 Å². The summed E-state index contributed by atoms with van der Waals surface area (Å²) in [7, 11) is 0. The Kier molecular flexibility index (Phi) is 9.73. The maximum atomic E-state index is 3.53. The van der Waals surface area contributed by atoms with Crippen LogP contribution in [0.2, 0.25) is 0 Å². The van der Waals surface area contributed by atoms with Gasteiger partial charge in [-0.3, -0.25) is 0 Å². The topological polar surface area (TPSA) is 12.0 Å². The molecule has 0 radical (unpaired) electrons. The minimum atomic E-state index is 0.741. The molecule has 0 saturated carbocycles. The lowest BCUT2D eigenvalue weighted by Gasteiger charge is -2.17. The molecule has 0 aliphatic carbocycles. The Bertz CT molecular complexity index is 136. The van der Waals surface area contributed by atoms with Gasteiger partial charge < -0.3 is 5.32 Å². The highest BCUT2D eigenvalue weighted by molar-refractivity contribution is 7.99. The highest BCUT2D eigenvalue weighted by Gasteiger charge is 2.08. The molecule has 2 atom stereocenters. The molecule has 0 heterocycles. The summed E-state index contributed by atoms with van der Waals surface area (Å²) in [6.45, 7) is 12.5. The predicted octanol–water partition coefficient (Wildman–Crippen LogP) is 3.93. The van der Waals surface area contributed by atoms with Gasteiger partial charge in [-0.15, -0.1) is 0 Å². The summed E-state index contributed by atoms with van der Waals surface area (Å²) in [5.74, 6) is 2.13. The molecule has 0 aliphatic rings. The lowest BCUT2D eigenvalue weighted by molar-refractivity contribution is 0.477. The molecule has 0 aromatic carbocycles. The van der Waals surface area contributed by atoms with Gasteiger partial charge in [-0.05, 0) is 37.5 Å². The van der Waals surface area contributed by atoms with Gasteiger partial charge in [0.15, 0.2) is 0 Å². The van der Waals surface area contributed by atoms with Crippen molar-refractivity contribution >= 4 is 11.8 Å². The Morgan fingerprint density at radius 3 is 2.27 bits per heavy atom. The average molecular weight is 231 g/mol. The van der Waals surface area contributed by atoms with E-state index in [4.69, 9.17) is 0 Å². The quantitative estimate of drug-likeness (QED) is 0.603. The molecule has 1 N–H and O–H groups in total. The highest BCUT2D eigenvalue weighted by Crippen LogP contribution is 2.20. The monoisotopic (exact) mass is 231 g/mol. The Labute approximate surface area is 101 Å². The van der Waals surface area contributed by atoms with E-state index >= 15 is 0 Å². The van der Waals surface area contributed by atoms with E-state index in [1.54, 1.807) is 0 Å². The van der Waals surface area contributed by atoms with Crippen LogP contribution in [0.25, 0.3) is 0 Å². The van der Waals surface area contributed by atoms with Gasteiger partial charge in [-0.2, -0.15) is 11.8 Å². The fraction of sp³-hybridized carbons (Fsp3) is 1.00. The molecule has 15 heavy (non-hydrogen) atoms. The maximum Gasteiger partial charge on any atom is 0.00646 e. The van der Waals surface area contributed by atoms with Crippen LogP contribution in [0, 0.1) is 5.92 Å². The van der Waals surface area contributed by atoms with Gasteiger partial charge in [0.2, 0.25) is 0 Å². The van der Waals surface area contributed by atoms with Gasteiger partial charge in [0.1, 0.15) is 0 Å². The van der Waals surface area contributed by atoms with Crippen molar-refractivity contribution in [3.05, 3.63) is 0 Å². The van der Waals surface area contributed by atoms with Gasteiger partial charge in [0.25, 0.3) is 0 Å². The van der Waals surface area contributed by atoms with Crippen LogP contribution in [0.3, 0.4) is 0 Å². The summed E-state index contributed by atoms with van der Waals surface area (Å²) in [6, 6.07) is 0.741. The van der Waals surface area contributed by atoms with Gasteiger partial charge in [-0.1, -0.05) is 34.6 Å². The summed E-state index contributed by atoms with van der Waals surface area (Å²) in [5, 5.41) is 4.34. The van der Waals surface area contributed by atoms with Crippen LogP contribution in [-0.2, 0) is 0 Å². The number of hydrogen-bond donors (Lipinski definition) is 1. The van der Waals surface area contributed by atoms with Crippen LogP contribution in [0.1, 0.15) is 53.9 Å². The first kappa shape index (κ1) is 15.3. The molecule has 0 rings (SSSR count). The van der Waals surface area contributed by atoms with Crippen LogP contribution in [0.4, 0.5) is 0 Å². The average Bonchev–Trinajstić information content (AvgIpc) is 2.22. The van der Waals surface area contributed by atoms with Crippen molar-refractivity contribution in [2.75, 3.05) is 12.3 Å². The first-order valence-corrected chi connectivity index (χ1v) is 7.51. The van der Waals surface area contributed by atoms with Crippen LogP contribution in [-0.4, -0.2) is 23.6 Å². The zero-order valence-corrected chi connectivity index (χ0v) is 12.0. The molecule has 0 saturated heterocycles. The van der Waals surface area contributed by atoms with Gasteiger partial charge in [-0.25, -0.2) is 0 Å². The molecular weight excluding hydrogens is 202 g/mol. The molecule has 1 nitrogen and oxygen atoms in total. The molecule has 2 heteroatoms. The Morgan fingerprint density at radius 1 is 1.13 bits per heavy atom. The molecule has 2 unspecified atom stereocenters. The van der Waals surface area contributed by atoms with Gasteiger partial charge in [0.05, 0.1) is 0 Å². The third-order valence-corrected chi connectivity index (χ3v) is 4.60. The third-order valence-electron chi connectivity index (χ3n) is 3.00. The fourth-order valence-electron chi connectivity index (χ4n) is 1.53. The van der Waals surface area contributed by atoms with Crippen molar-refractivity contribution in [3.8, 4) is 0 Å². The summed E-state index contributed by atoms with van der Waals surface area (Å²) in [5.41, 5.74) is 0. The first-order chi connectivity index (χ1) is 7.11. The predicted molar refractivity (Wildman–Crippen MR) is 73.7 cm³/mol. The number of nitrogens with one attached hydrogen (secondary N) is 1. The molecule has 0 amide bonds. The summed E-state index contributed by atoms with van der Waals surface area (Å²) in [4.78, 5) is 0. The van der Waals surface area contributed by atoms with E-state index in [-0.39, 0.29) is 0 Å². The van der Waals surface area contributed by atoms with Crippen molar-refractivity contribution in [1.82, 2.24) is 5.32 Å². The van der Waals surface area contributed by atoms with Crippen LogP contribution in [0.15, 0.2) is 0 Å². The summed E-state index contributed by atoms with van der Waals surface area (Å²) in [6.07, 6.45) is 3.95. The number of rotatable bonds is 9. The molecule has 0 spiro atoms. The highest BCUT2D eigenvalue weighted by atomic mass is 32.2. The minimum Gasteiger partial charge on any atom is -0.314 e. The zero-order valence-electron chi connectivity index (χ0n) is 11.2. The first-order valence-electron chi connectivity index (χ1n) is 6.46. The van der Waals surface area contributed by atoms with E-state index in [0.29, 0.717) is 0 Å². The van der Waals surface area contributed by atoms with Crippen molar-refractivity contribution in [3.63, 3.8) is 0 Å². The number of thioether (sulfide) groups is 1. The van der Waals surface area contributed by atoms with E-state index < -0.39 is 0 Å². The maximum absolute atomic E-state index is 3.53. The van der Waals surface area contributed by atoms with E-state index in [9.17, 15) is 0 Å². The Hall–Kier alpha value is 0.310. The second-order valence-corrected chi connectivity index (χ2v) is 6.11. The standard InChI is InChI=1S/C13H29NS/c1-6-13(14-7-2)9-8-10-15-12(5)11(3)4/h11-14H,6-10H2,1-5H3. The molecule has 0 bridgehead atoms. The third kappa shape index (κ3) is 8.15. The fourth-order valence-corrected chi connectivity index (χ4v) is 2.62. The largest absolute Gasteiger partial charge is 0.314 e. The van der Waals surface area contributed by atoms with Crippen molar-refractivity contribution in [1.29, 1.82) is 0 Å². The van der Waals surface area contributed by atoms with Crippen LogP contribution >= 0.6 is 11.8 Å². The molecule has 92 valence electrons. The van der Waals surface area contributed by atoms with Crippen LogP contribution in [0.5, 0.6) is 0 Å². The second-order valence-electron chi connectivity index (χ2n) is 4.63. The van der Waals surface area contributed by atoms with Crippen molar-refractivity contribution in [2.45, 2.75) is 65.2 Å².